The number of hydrogen-bond acceptors (Lipinski definition) is 2. The molecule has 1 heterocycles. The first-order valence-corrected chi connectivity index (χ1v) is 11.8. The first-order valence-electron chi connectivity index (χ1n) is 11.8. The summed E-state index contributed by atoms with van der Waals surface area (Å²) < 4.78 is 1.04. The van der Waals surface area contributed by atoms with Gasteiger partial charge in [-0.15, -0.1) is 0 Å². The van der Waals surface area contributed by atoms with Crippen LogP contribution in [0.5, 0.6) is 5.75 Å². The molecule has 0 bridgehead atoms. The van der Waals surface area contributed by atoms with Crippen molar-refractivity contribution in [1.29, 1.82) is 0 Å². The molecule has 1 aliphatic carbocycles. The lowest BCUT2D eigenvalue weighted by Crippen LogP contribution is -2.60. The summed E-state index contributed by atoms with van der Waals surface area (Å²) in [5, 5.41) is 15.8. The van der Waals surface area contributed by atoms with Crippen molar-refractivity contribution >= 4 is 16.7 Å². The number of phenols is 1. The van der Waals surface area contributed by atoms with Crippen LogP contribution in [0, 0.1) is 5.92 Å². The number of likely N-dealkylation sites (tertiary alicyclic amines) is 1. The van der Waals surface area contributed by atoms with Crippen molar-refractivity contribution in [3.05, 3.63) is 77.9 Å². The van der Waals surface area contributed by atoms with E-state index in [1.807, 2.05) is 42.5 Å². The summed E-state index contributed by atoms with van der Waals surface area (Å²) in [6.45, 7) is 2.25. The van der Waals surface area contributed by atoms with Crippen LogP contribution in [-0.2, 0) is 5.41 Å². The Morgan fingerprint density at radius 2 is 1.81 bits per heavy atom. The minimum atomic E-state index is 0.00604. The zero-order chi connectivity index (χ0) is 22.3. The molecule has 1 saturated heterocycles. The van der Waals surface area contributed by atoms with Crippen molar-refractivity contribution in [3.63, 3.8) is 0 Å². The summed E-state index contributed by atoms with van der Waals surface area (Å²) >= 11 is 0. The molecule has 5 rings (SSSR count). The Bertz CT molecular complexity index is 1150. The van der Waals surface area contributed by atoms with Crippen LogP contribution in [0.1, 0.15) is 41.6 Å². The molecule has 4 heteroatoms. The maximum Gasteiger partial charge on any atom is 0.251 e. The first-order chi connectivity index (χ1) is 15.3. The lowest BCUT2D eigenvalue weighted by atomic mass is 9.57. The highest BCUT2D eigenvalue weighted by molar-refractivity contribution is 5.98. The summed E-state index contributed by atoms with van der Waals surface area (Å²) in [5.74, 6) is 0.899. The lowest BCUT2D eigenvalue weighted by Gasteiger charge is -2.54. The van der Waals surface area contributed by atoms with Crippen molar-refractivity contribution in [1.82, 2.24) is 5.32 Å². The number of amides is 1. The quantitative estimate of drug-likeness (QED) is 0.584. The maximum absolute atomic E-state index is 13.2. The zero-order valence-electron chi connectivity index (χ0n) is 19.1. The highest BCUT2D eigenvalue weighted by Gasteiger charge is 2.51. The summed E-state index contributed by atoms with van der Waals surface area (Å²) in [6.07, 6.45) is 4.11. The van der Waals surface area contributed by atoms with Gasteiger partial charge < -0.3 is 14.9 Å². The van der Waals surface area contributed by atoms with Crippen molar-refractivity contribution in [2.45, 2.75) is 37.1 Å². The Morgan fingerprint density at radius 1 is 1.00 bits per heavy atom. The van der Waals surface area contributed by atoms with Gasteiger partial charge in [-0.2, -0.15) is 0 Å². The third-order valence-corrected chi connectivity index (χ3v) is 7.90. The topological polar surface area (TPSA) is 49.3 Å². The number of quaternary nitrogens is 1. The van der Waals surface area contributed by atoms with Crippen LogP contribution in [0.25, 0.3) is 10.8 Å². The third-order valence-electron chi connectivity index (χ3n) is 7.90. The van der Waals surface area contributed by atoms with Crippen LogP contribution in [0.2, 0.25) is 0 Å². The Hall–Kier alpha value is -2.85. The van der Waals surface area contributed by atoms with E-state index in [-0.39, 0.29) is 17.4 Å². The van der Waals surface area contributed by atoms with E-state index in [0.29, 0.717) is 11.7 Å². The predicted molar refractivity (Wildman–Crippen MR) is 129 cm³/mol. The van der Waals surface area contributed by atoms with Gasteiger partial charge in [0.1, 0.15) is 5.75 Å². The van der Waals surface area contributed by atoms with Gasteiger partial charge in [0.2, 0.25) is 0 Å². The molecule has 166 valence electrons. The van der Waals surface area contributed by atoms with E-state index in [2.05, 4.69) is 37.6 Å². The molecule has 32 heavy (non-hydrogen) atoms. The van der Waals surface area contributed by atoms with Crippen LogP contribution in [0.4, 0.5) is 0 Å². The normalized spacial score (nSPS) is 26.9. The number of piperidine rings is 1. The van der Waals surface area contributed by atoms with E-state index < -0.39 is 0 Å². The lowest BCUT2D eigenvalue weighted by molar-refractivity contribution is -0.901. The van der Waals surface area contributed by atoms with Gasteiger partial charge in [-0.05, 0) is 59.9 Å². The molecule has 3 atom stereocenters. The number of nitrogens with zero attached hydrogens (tertiary/aromatic N) is 1. The zero-order valence-corrected chi connectivity index (χ0v) is 19.1. The second-order valence-corrected chi connectivity index (χ2v) is 10.5. The Balaban J connectivity index is 1.40. The fraction of sp³-hybridized carbons (Fsp3) is 0.393. The summed E-state index contributed by atoms with van der Waals surface area (Å²) in [7, 11) is 4.64. The highest BCUT2D eigenvalue weighted by Crippen LogP contribution is 2.50. The van der Waals surface area contributed by atoms with Gasteiger partial charge in [-0.3, -0.25) is 4.79 Å². The maximum atomic E-state index is 13.2. The van der Waals surface area contributed by atoms with Crippen molar-refractivity contribution in [2.75, 3.05) is 27.2 Å². The van der Waals surface area contributed by atoms with E-state index in [9.17, 15) is 9.90 Å². The Morgan fingerprint density at radius 3 is 2.62 bits per heavy atom. The first kappa shape index (κ1) is 21.0. The minimum absolute atomic E-state index is 0.00604. The number of hydrogen-bond donors (Lipinski definition) is 2. The van der Waals surface area contributed by atoms with E-state index in [1.54, 1.807) is 6.07 Å². The average molecular weight is 430 g/mol. The molecule has 1 saturated carbocycles. The smallest absolute Gasteiger partial charge is 0.251 e. The SMILES string of the molecule is C[N+]1(C)CC[C@@]2(c3cccc(O)c3)C[C@@H](NC(=O)c3ccc4ccccc4c3)CC[C@@H]2C1. The molecule has 2 aliphatic rings. The largest absolute Gasteiger partial charge is 0.508 e. The van der Waals surface area contributed by atoms with Gasteiger partial charge in [0.15, 0.2) is 0 Å². The molecule has 0 unspecified atom stereocenters. The molecule has 4 nitrogen and oxygen atoms in total. The van der Waals surface area contributed by atoms with E-state index in [0.717, 1.165) is 59.6 Å². The van der Waals surface area contributed by atoms with E-state index in [1.165, 1.54) is 5.56 Å². The number of benzene rings is 3. The van der Waals surface area contributed by atoms with E-state index >= 15 is 0 Å². The standard InChI is InChI=1S/C28H32N2O2/c1-30(2)15-14-28(23-8-5-9-26(31)17-23)18-25(13-12-24(28)19-30)29-27(32)22-11-10-20-6-3-4-7-21(20)16-22/h3-11,16-17,24-25H,12-15,18-19H2,1-2H3,(H-,29,31,32)/p+1/t24-,25+,28+/m1/s1. The molecule has 1 aliphatic heterocycles. The number of phenolic OH excluding ortho intramolecular Hbond substituents is 1. The average Bonchev–Trinajstić information content (AvgIpc) is 2.78. The number of aromatic hydroxyl groups is 1. The number of nitrogens with one attached hydrogen (secondary N) is 1. The van der Waals surface area contributed by atoms with Gasteiger partial charge >= 0.3 is 0 Å². The third kappa shape index (κ3) is 3.88. The predicted octanol–water partition coefficient (Wildman–Crippen LogP) is 4.86. The number of carbonyl (C=O) groups excluding carboxylic acids is 1. The Kier molecular flexibility index (Phi) is 5.21. The monoisotopic (exact) mass is 429 g/mol. The van der Waals surface area contributed by atoms with Gasteiger partial charge in [-0.25, -0.2) is 0 Å². The second-order valence-electron chi connectivity index (χ2n) is 10.5. The summed E-state index contributed by atoms with van der Waals surface area (Å²) in [4.78, 5) is 13.2. The minimum Gasteiger partial charge on any atom is -0.508 e. The van der Waals surface area contributed by atoms with Gasteiger partial charge in [0.05, 0.1) is 27.2 Å². The van der Waals surface area contributed by atoms with Gasteiger partial charge in [0.25, 0.3) is 5.91 Å². The number of carbonyl (C=O) groups is 1. The van der Waals surface area contributed by atoms with Gasteiger partial charge in [0, 0.05) is 29.4 Å². The molecular weight excluding hydrogens is 396 g/mol. The van der Waals surface area contributed by atoms with Gasteiger partial charge in [-0.1, -0.05) is 42.5 Å². The van der Waals surface area contributed by atoms with Crippen LogP contribution < -0.4 is 5.32 Å². The molecule has 3 aromatic carbocycles. The van der Waals surface area contributed by atoms with Crippen LogP contribution >= 0.6 is 0 Å². The van der Waals surface area contributed by atoms with E-state index in [4.69, 9.17) is 0 Å². The fourth-order valence-electron chi connectivity index (χ4n) is 6.19. The van der Waals surface area contributed by atoms with Crippen molar-refractivity contribution in [3.8, 4) is 5.75 Å². The van der Waals surface area contributed by atoms with Crippen molar-refractivity contribution < 1.29 is 14.4 Å². The molecule has 1 amide bonds. The molecule has 2 N–H and O–H groups in total. The van der Waals surface area contributed by atoms with Crippen LogP contribution in [0.15, 0.2) is 66.7 Å². The molecular formula is C28H33N2O2+. The molecule has 0 spiro atoms. The summed E-state index contributed by atoms with van der Waals surface area (Å²) in [5.41, 5.74) is 1.96. The molecule has 0 radical (unpaired) electrons. The molecule has 2 fully saturated rings. The summed E-state index contributed by atoms with van der Waals surface area (Å²) in [6, 6.07) is 22.1. The van der Waals surface area contributed by atoms with Crippen LogP contribution in [-0.4, -0.2) is 48.7 Å². The van der Waals surface area contributed by atoms with Crippen molar-refractivity contribution in [2.24, 2.45) is 5.92 Å². The Labute approximate surface area is 190 Å². The second kappa shape index (κ2) is 7.93. The highest BCUT2D eigenvalue weighted by atomic mass is 16.3. The van der Waals surface area contributed by atoms with Crippen LogP contribution in [0.3, 0.4) is 0 Å². The molecule has 3 aromatic rings. The fourth-order valence-corrected chi connectivity index (χ4v) is 6.19. The molecule has 0 aromatic heterocycles. The number of rotatable bonds is 3. The number of fused-ring (bicyclic) bond motifs is 2.